The van der Waals surface area contributed by atoms with Crippen molar-refractivity contribution in [2.45, 2.75) is 25.2 Å². The lowest BCUT2D eigenvalue weighted by Crippen LogP contribution is -2.46. The summed E-state index contributed by atoms with van der Waals surface area (Å²) in [5, 5.41) is 11.4. The summed E-state index contributed by atoms with van der Waals surface area (Å²) in [4.78, 5) is 0. The van der Waals surface area contributed by atoms with E-state index >= 15 is 0 Å². The summed E-state index contributed by atoms with van der Waals surface area (Å²) >= 11 is 0. The first-order valence-corrected chi connectivity index (χ1v) is 6.69. The second-order valence-corrected chi connectivity index (χ2v) is 5.50. The number of fused-ring (bicyclic) bond motifs is 1. The van der Waals surface area contributed by atoms with Gasteiger partial charge in [0.05, 0.1) is 19.3 Å². The Balaban J connectivity index is 2.00. The van der Waals surface area contributed by atoms with E-state index in [1.165, 1.54) is 21.9 Å². The van der Waals surface area contributed by atoms with Crippen LogP contribution in [0.1, 0.15) is 24.0 Å². The fraction of sp³-hybridized carbons (Fsp3) is 0.353. The van der Waals surface area contributed by atoms with Gasteiger partial charge in [-0.3, -0.25) is 0 Å². The molecule has 0 bridgehead atoms. The number of hydrogen-bond donors (Lipinski definition) is 0. The van der Waals surface area contributed by atoms with Gasteiger partial charge in [0, 0.05) is 11.8 Å². The molecule has 19 heavy (non-hydrogen) atoms. The van der Waals surface area contributed by atoms with Crippen molar-refractivity contribution in [3.8, 4) is 6.07 Å². The molecule has 0 atom stereocenters. The number of hydrogen-bond acceptors (Lipinski definition) is 2. The molecule has 2 aromatic carbocycles. The number of nitrogens with zero attached hydrogens (tertiary/aromatic N) is 1. The Kier molecular flexibility index (Phi) is 3.00. The van der Waals surface area contributed by atoms with E-state index in [0.29, 0.717) is 6.42 Å². The highest BCUT2D eigenvalue weighted by molar-refractivity contribution is 5.84. The molecule has 0 aliphatic carbocycles. The van der Waals surface area contributed by atoms with Gasteiger partial charge in [-0.25, -0.2) is 0 Å². The van der Waals surface area contributed by atoms with Crippen molar-refractivity contribution in [2.24, 2.45) is 0 Å². The van der Waals surface area contributed by atoms with E-state index in [1.807, 2.05) is 0 Å². The van der Waals surface area contributed by atoms with Crippen LogP contribution in [-0.2, 0) is 10.2 Å². The van der Waals surface area contributed by atoms with Crippen LogP contribution in [0.5, 0.6) is 0 Å². The normalized spacial score (nSPS) is 16.8. The second kappa shape index (κ2) is 4.68. The van der Waals surface area contributed by atoms with Crippen LogP contribution < -0.4 is 0 Å². The van der Waals surface area contributed by atoms with Crippen LogP contribution >= 0.6 is 0 Å². The van der Waals surface area contributed by atoms with Gasteiger partial charge in [-0.15, -0.1) is 0 Å². The maximum absolute atomic E-state index is 8.81. The number of rotatable bonds is 3. The largest absolute Gasteiger partial charge is 0.379 e. The first-order chi connectivity index (χ1) is 9.23. The fourth-order valence-corrected chi connectivity index (χ4v) is 2.79. The highest BCUT2D eigenvalue weighted by atomic mass is 16.5. The summed E-state index contributed by atoms with van der Waals surface area (Å²) in [7, 11) is 0. The molecule has 0 saturated carbocycles. The van der Waals surface area contributed by atoms with Crippen LogP contribution in [0, 0.1) is 18.3 Å². The van der Waals surface area contributed by atoms with Crippen LogP contribution in [0.25, 0.3) is 10.8 Å². The van der Waals surface area contributed by atoms with Gasteiger partial charge in [0.15, 0.2) is 0 Å². The molecule has 0 N–H and O–H groups in total. The fourth-order valence-electron chi connectivity index (χ4n) is 2.79. The number of aryl methyl sites for hydroxylation is 1. The third-order valence-corrected chi connectivity index (χ3v) is 4.08. The topological polar surface area (TPSA) is 33.0 Å². The lowest BCUT2D eigenvalue weighted by Gasteiger charge is -2.41. The van der Waals surface area contributed by atoms with E-state index in [0.717, 1.165) is 19.6 Å². The third kappa shape index (κ3) is 2.11. The number of nitriles is 1. The van der Waals surface area contributed by atoms with Gasteiger partial charge in [-0.05, 0) is 29.7 Å². The van der Waals surface area contributed by atoms with Crippen molar-refractivity contribution in [3.63, 3.8) is 0 Å². The Labute approximate surface area is 113 Å². The first-order valence-electron chi connectivity index (χ1n) is 6.69. The van der Waals surface area contributed by atoms with Crippen LogP contribution in [-0.4, -0.2) is 13.2 Å². The van der Waals surface area contributed by atoms with Crippen molar-refractivity contribution < 1.29 is 4.74 Å². The monoisotopic (exact) mass is 251 g/mol. The molecule has 0 aromatic heterocycles. The molecule has 1 fully saturated rings. The van der Waals surface area contributed by atoms with E-state index in [2.05, 4.69) is 49.4 Å². The predicted molar refractivity (Wildman–Crippen MR) is 76.0 cm³/mol. The van der Waals surface area contributed by atoms with Crippen molar-refractivity contribution in [1.29, 1.82) is 5.26 Å². The van der Waals surface area contributed by atoms with Gasteiger partial charge >= 0.3 is 0 Å². The van der Waals surface area contributed by atoms with Crippen molar-refractivity contribution in [2.75, 3.05) is 13.2 Å². The van der Waals surface area contributed by atoms with Gasteiger partial charge in [0.1, 0.15) is 0 Å². The number of ether oxygens (including phenoxy) is 1. The molecule has 0 radical (unpaired) electrons. The first kappa shape index (κ1) is 12.2. The maximum Gasteiger partial charge on any atom is 0.0622 e. The van der Waals surface area contributed by atoms with E-state index in [-0.39, 0.29) is 5.41 Å². The highest BCUT2D eigenvalue weighted by Crippen LogP contribution is 2.38. The van der Waals surface area contributed by atoms with Crippen molar-refractivity contribution in [3.05, 3.63) is 47.5 Å². The molecular weight excluding hydrogens is 234 g/mol. The van der Waals surface area contributed by atoms with Gasteiger partial charge in [-0.1, -0.05) is 42.0 Å². The third-order valence-electron chi connectivity index (χ3n) is 4.08. The molecule has 2 aromatic rings. The Bertz CT molecular complexity index is 650. The summed E-state index contributed by atoms with van der Waals surface area (Å²) < 4.78 is 5.41. The predicted octanol–water partition coefficient (Wildman–Crippen LogP) is 3.72. The minimum absolute atomic E-state index is 0.0643. The molecular formula is C17H17NO. The van der Waals surface area contributed by atoms with Gasteiger partial charge < -0.3 is 4.74 Å². The smallest absolute Gasteiger partial charge is 0.0622 e. The zero-order valence-corrected chi connectivity index (χ0v) is 11.1. The summed E-state index contributed by atoms with van der Waals surface area (Å²) in [6.07, 6.45) is 1.48. The summed E-state index contributed by atoms with van der Waals surface area (Å²) in [6.45, 7) is 3.60. The quantitative estimate of drug-likeness (QED) is 0.833. The molecule has 1 aliphatic heterocycles. The Morgan fingerprint density at radius 1 is 1.16 bits per heavy atom. The average molecular weight is 251 g/mol. The van der Waals surface area contributed by atoms with E-state index in [9.17, 15) is 0 Å². The summed E-state index contributed by atoms with van der Waals surface area (Å²) in [6, 6.07) is 15.4. The molecule has 0 spiro atoms. The van der Waals surface area contributed by atoms with Crippen LogP contribution in [0.2, 0.25) is 0 Å². The highest BCUT2D eigenvalue weighted by Gasteiger charge is 2.39. The van der Waals surface area contributed by atoms with Crippen molar-refractivity contribution >= 4 is 10.8 Å². The van der Waals surface area contributed by atoms with Crippen molar-refractivity contribution in [1.82, 2.24) is 0 Å². The molecule has 1 heterocycles. The average Bonchev–Trinajstić information content (AvgIpc) is 2.37. The zero-order chi connectivity index (χ0) is 13.3. The molecule has 3 rings (SSSR count). The standard InChI is InChI=1S/C17H17NO/c1-13-3-4-15-10-16(6-5-14(15)9-13)17(7-2-8-18)11-19-12-17/h3-6,9-10H,2,7,11-12H2,1H3. The van der Waals surface area contributed by atoms with E-state index in [4.69, 9.17) is 10.00 Å². The van der Waals surface area contributed by atoms with Gasteiger partial charge in [-0.2, -0.15) is 5.26 Å². The van der Waals surface area contributed by atoms with Gasteiger partial charge in [0.2, 0.25) is 0 Å². The molecule has 1 aliphatic rings. The Morgan fingerprint density at radius 2 is 1.89 bits per heavy atom. The minimum atomic E-state index is 0.0643. The Morgan fingerprint density at radius 3 is 2.58 bits per heavy atom. The SMILES string of the molecule is Cc1ccc2cc(C3(CCC#N)COC3)ccc2c1. The molecule has 96 valence electrons. The lowest BCUT2D eigenvalue weighted by atomic mass is 9.74. The molecule has 0 amide bonds. The molecule has 2 nitrogen and oxygen atoms in total. The molecule has 0 unspecified atom stereocenters. The van der Waals surface area contributed by atoms with E-state index < -0.39 is 0 Å². The number of benzene rings is 2. The second-order valence-electron chi connectivity index (χ2n) is 5.50. The zero-order valence-electron chi connectivity index (χ0n) is 11.1. The molecule has 1 saturated heterocycles. The van der Waals surface area contributed by atoms with Crippen LogP contribution in [0.3, 0.4) is 0 Å². The minimum Gasteiger partial charge on any atom is -0.379 e. The summed E-state index contributed by atoms with van der Waals surface area (Å²) in [5.41, 5.74) is 2.66. The van der Waals surface area contributed by atoms with Crippen LogP contribution in [0.4, 0.5) is 0 Å². The summed E-state index contributed by atoms with van der Waals surface area (Å²) in [5.74, 6) is 0. The Hall–Kier alpha value is -1.85. The van der Waals surface area contributed by atoms with E-state index in [1.54, 1.807) is 0 Å². The van der Waals surface area contributed by atoms with Gasteiger partial charge in [0.25, 0.3) is 0 Å². The lowest BCUT2D eigenvalue weighted by molar-refractivity contribution is -0.0636. The maximum atomic E-state index is 8.81. The van der Waals surface area contributed by atoms with Crippen LogP contribution in [0.15, 0.2) is 36.4 Å². The molecule has 2 heteroatoms.